The Morgan fingerprint density at radius 1 is 1.22 bits per heavy atom. The molecule has 0 aliphatic carbocycles. The van der Waals surface area contributed by atoms with Crippen LogP contribution in [0.4, 0.5) is 0 Å². The van der Waals surface area contributed by atoms with E-state index in [-0.39, 0.29) is 49.3 Å². The van der Waals surface area contributed by atoms with Gasteiger partial charge in [-0.15, -0.1) is 0 Å². The van der Waals surface area contributed by atoms with E-state index in [0.29, 0.717) is 13.0 Å². The Bertz CT molecular complexity index is 938. The molecule has 0 bridgehead atoms. The molecule has 11 heteroatoms. The van der Waals surface area contributed by atoms with E-state index in [1.165, 1.54) is 10.8 Å². The molecule has 3 N–H and O–H groups in total. The smallest absolute Gasteiger partial charge is 0.328 e. The number of nitrogens with zero attached hydrogens (tertiary/aromatic N) is 1. The van der Waals surface area contributed by atoms with Gasteiger partial charge in [0, 0.05) is 31.6 Å². The van der Waals surface area contributed by atoms with Gasteiger partial charge >= 0.3 is 17.6 Å². The Kier molecular flexibility index (Phi) is 9.18. The Morgan fingerprint density at radius 2 is 1.94 bits per heavy atom. The molecule has 1 unspecified atom stereocenters. The van der Waals surface area contributed by atoms with E-state index in [2.05, 4.69) is 10.3 Å². The number of aromatic nitrogens is 2. The van der Waals surface area contributed by atoms with Crippen molar-refractivity contribution >= 4 is 17.8 Å². The van der Waals surface area contributed by atoms with Gasteiger partial charge in [-0.25, -0.2) is 4.79 Å². The summed E-state index contributed by atoms with van der Waals surface area (Å²) in [6.45, 7) is 6.24. The summed E-state index contributed by atoms with van der Waals surface area (Å²) in [6, 6.07) is 0. The summed E-state index contributed by atoms with van der Waals surface area (Å²) < 4.78 is 12.7. The summed E-state index contributed by atoms with van der Waals surface area (Å²) in [5, 5.41) is 11.5. The fourth-order valence-electron chi connectivity index (χ4n) is 3.65. The number of amides is 1. The third-order valence-electron chi connectivity index (χ3n) is 5.43. The number of ether oxygens (including phenoxy) is 2. The van der Waals surface area contributed by atoms with Crippen LogP contribution in [0.3, 0.4) is 0 Å². The molecule has 1 aliphatic rings. The van der Waals surface area contributed by atoms with Gasteiger partial charge in [-0.2, -0.15) is 0 Å². The molecule has 0 spiro atoms. The summed E-state index contributed by atoms with van der Waals surface area (Å²) in [5.74, 6) is -2.29. The lowest BCUT2D eigenvalue weighted by Crippen LogP contribution is -2.36. The molecule has 1 aromatic heterocycles. The summed E-state index contributed by atoms with van der Waals surface area (Å²) in [6.07, 6.45) is 0.0813. The largest absolute Gasteiger partial charge is 0.481 e. The van der Waals surface area contributed by atoms with Crippen molar-refractivity contribution in [3.05, 3.63) is 32.6 Å². The highest BCUT2D eigenvalue weighted by molar-refractivity contribution is 5.76. The minimum absolute atomic E-state index is 0.0541. The maximum Gasteiger partial charge on any atom is 0.328 e. The number of carboxylic acids is 1. The molecule has 32 heavy (non-hydrogen) atoms. The van der Waals surface area contributed by atoms with Gasteiger partial charge in [-0.1, -0.05) is 20.8 Å². The highest BCUT2D eigenvalue weighted by atomic mass is 16.6. The van der Waals surface area contributed by atoms with Crippen LogP contribution in [0.1, 0.15) is 64.5 Å². The Morgan fingerprint density at radius 3 is 2.56 bits per heavy atom. The molecule has 1 amide bonds. The van der Waals surface area contributed by atoms with Gasteiger partial charge in [-0.3, -0.25) is 28.7 Å². The van der Waals surface area contributed by atoms with E-state index in [4.69, 9.17) is 14.6 Å². The number of aryl methyl sites for hydroxylation is 1. The van der Waals surface area contributed by atoms with Crippen molar-refractivity contribution in [2.45, 2.75) is 77.7 Å². The van der Waals surface area contributed by atoms with Gasteiger partial charge in [-0.05, 0) is 12.8 Å². The third-order valence-corrected chi connectivity index (χ3v) is 5.43. The first kappa shape index (κ1) is 25.3. The van der Waals surface area contributed by atoms with Gasteiger partial charge in [0.15, 0.2) is 0 Å². The molecule has 4 atom stereocenters. The highest BCUT2D eigenvalue weighted by Gasteiger charge is 2.45. The quantitative estimate of drug-likeness (QED) is 0.414. The molecular formula is C21H31N3O8. The zero-order valence-electron chi connectivity index (χ0n) is 18.6. The lowest BCUT2D eigenvalue weighted by molar-refractivity contribution is -0.155. The average Bonchev–Trinajstić information content (AvgIpc) is 3.05. The zero-order valence-corrected chi connectivity index (χ0v) is 18.6. The van der Waals surface area contributed by atoms with Crippen molar-refractivity contribution in [2.24, 2.45) is 5.92 Å². The van der Waals surface area contributed by atoms with Crippen LogP contribution in [0.2, 0.25) is 0 Å². The van der Waals surface area contributed by atoms with Crippen LogP contribution in [-0.2, 0) is 30.4 Å². The molecule has 1 aliphatic heterocycles. The SMILES string of the molecule is CCCNC(=O)CCn1cc([C@@H]2O[C@H](CC)C(C)[C@@H]2OC(=O)CCC(=O)O)c(=O)[nH]c1=O. The predicted octanol–water partition coefficient (Wildman–Crippen LogP) is 0.716. The van der Waals surface area contributed by atoms with Crippen molar-refractivity contribution in [1.29, 1.82) is 0 Å². The summed E-state index contributed by atoms with van der Waals surface area (Å²) in [7, 11) is 0. The van der Waals surface area contributed by atoms with Crippen LogP contribution in [-0.4, -0.2) is 51.3 Å². The minimum Gasteiger partial charge on any atom is -0.481 e. The molecule has 0 radical (unpaired) electrons. The number of nitrogens with one attached hydrogen (secondary N) is 2. The van der Waals surface area contributed by atoms with E-state index in [1.807, 2.05) is 20.8 Å². The highest BCUT2D eigenvalue weighted by Crippen LogP contribution is 2.39. The molecule has 1 saturated heterocycles. The van der Waals surface area contributed by atoms with Crippen LogP contribution in [0.15, 0.2) is 15.8 Å². The van der Waals surface area contributed by atoms with Gasteiger partial charge < -0.3 is 19.9 Å². The van der Waals surface area contributed by atoms with Crippen molar-refractivity contribution in [2.75, 3.05) is 6.54 Å². The molecule has 0 aromatic carbocycles. The minimum atomic E-state index is -1.12. The first-order chi connectivity index (χ1) is 15.2. The molecule has 178 valence electrons. The zero-order chi connectivity index (χ0) is 23.8. The molecule has 2 rings (SSSR count). The molecule has 1 aromatic rings. The standard InChI is InChI=1S/C21H31N3O8/c1-4-9-22-15(25)8-10-24-11-13(20(29)23-21(24)30)19-18(12(3)14(5-2)31-19)32-17(28)7-6-16(26)27/h11-12,14,18-19H,4-10H2,1-3H3,(H,22,25)(H,26,27)(H,23,29,30)/t12?,14-,18+,19+/m1/s1. The fraction of sp³-hybridized carbons (Fsp3) is 0.667. The van der Waals surface area contributed by atoms with Crippen LogP contribution in [0, 0.1) is 5.92 Å². The van der Waals surface area contributed by atoms with E-state index in [1.54, 1.807) is 0 Å². The van der Waals surface area contributed by atoms with Gasteiger partial charge in [0.1, 0.15) is 12.2 Å². The topological polar surface area (TPSA) is 157 Å². The molecule has 11 nitrogen and oxygen atoms in total. The number of hydrogen-bond acceptors (Lipinski definition) is 7. The number of hydrogen-bond donors (Lipinski definition) is 3. The number of aromatic amines is 1. The van der Waals surface area contributed by atoms with E-state index < -0.39 is 35.4 Å². The first-order valence-corrected chi connectivity index (χ1v) is 10.8. The summed E-state index contributed by atoms with van der Waals surface area (Å²) >= 11 is 0. The van der Waals surface area contributed by atoms with Crippen molar-refractivity contribution in [1.82, 2.24) is 14.9 Å². The van der Waals surface area contributed by atoms with Crippen LogP contribution < -0.4 is 16.6 Å². The van der Waals surface area contributed by atoms with Crippen molar-refractivity contribution in [3.8, 4) is 0 Å². The molecular weight excluding hydrogens is 422 g/mol. The number of rotatable bonds is 11. The Labute approximate surface area is 185 Å². The van der Waals surface area contributed by atoms with Crippen LogP contribution in [0.25, 0.3) is 0 Å². The molecule has 2 heterocycles. The average molecular weight is 453 g/mol. The second kappa shape index (κ2) is 11.6. The lowest BCUT2D eigenvalue weighted by atomic mass is 9.94. The monoisotopic (exact) mass is 453 g/mol. The fourth-order valence-corrected chi connectivity index (χ4v) is 3.65. The Hall–Kier alpha value is -2.95. The molecule has 1 fully saturated rings. The lowest BCUT2D eigenvalue weighted by Gasteiger charge is -2.22. The molecule has 0 saturated carbocycles. The van der Waals surface area contributed by atoms with Gasteiger partial charge in [0.2, 0.25) is 5.91 Å². The number of aliphatic carboxylic acids is 1. The maximum atomic E-state index is 12.6. The number of carboxylic acid groups (broad SMARTS) is 1. The van der Waals surface area contributed by atoms with Crippen LogP contribution in [0.5, 0.6) is 0 Å². The van der Waals surface area contributed by atoms with Gasteiger partial charge in [0.25, 0.3) is 5.56 Å². The Balaban J connectivity index is 2.26. The number of carbonyl (C=O) groups is 3. The second-order valence-corrected chi connectivity index (χ2v) is 7.85. The summed E-state index contributed by atoms with van der Waals surface area (Å²) in [5.41, 5.74) is -1.21. The first-order valence-electron chi connectivity index (χ1n) is 10.8. The third kappa shape index (κ3) is 6.52. The van der Waals surface area contributed by atoms with Crippen molar-refractivity contribution < 1.29 is 29.0 Å². The predicted molar refractivity (Wildman–Crippen MR) is 113 cm³/mol. The van der Waals surface area contributed by atoms with E-state index >= 15 is 0 Å². The van der Waals surface area contributed by atoms with Gasteiger partial charge in [0.05, 0.1) is 24.5 Å². The van der Waals surface area contributed by atoms with Crippen LogP contribution >= 0.6 is 0 Å². The summed E-state index contributed by atoms with van der Waals surface area (Å²) in [4.78, 5) is 61.8. The van der Waals surface area contributed by atoms with Crippen molar-refractivity contribution in [3.63, 3.8) is 0 Å². The number of carbonyl (C=O) groups excluding carboxylic acids is 2. The van der Waals surface area contributed by atoms with E-state index in [0.717, 1.165) is 6.42 Å². The number of esters is 1. The maximum absolute atomic E-state index is 12.6. The number of H-pyrrole nitrogens is 1. The normalized spacial score (nSPS) is 22.5. The van der Waals surface area contributed by atoms with E-state index in [9.17, 15) is 24.0 Å². The second-order valence-electron chi connectivity index (χ2n) is 7.85.